The highest BCUT2D eigenvalue weighted by Gasteiger charge is 2.68. The molecule has 11 atom stereocenters. The molecule has 0 aromatic rings. The van der Waals surface area contributed by atoms with Gasteiger partial charge in [-0.1, -0.05) is 66.5 Å². The third kappa shape index (κ3) is 2.92. The maximum absolute atomic E-state index is 13.3. The van der Waals surface area contributed by atoms with Crippen LogP contribution in [-0.4, -0.2) is 5.78 Å². The number of allylic oxidation sites excluding steroid dienone is 2. The molecule has 1 nitrogen and oxygen atoms in total. The standard InChI is InChI=1S/C32H52O/c1-9-24-13-15-29(6)25(22(24)4)14-16-30(7)28(29)11-10-26-27-18-20(2)12-17-32(27,23(5)33)21(3)19-31(26,30)8/h10,20-22,24-25,27-28H,9,11-19H2,1-8H3/t20?,21?,22-,24?,25?,27?,28?,29?,30?,31+,32?/m0/s1. The number of ketones is 1. The van der Waals surface area contributed by atoms with E-state index < -0.39 is 0 Å². The van der Waals surface area contributed by atoms with Crippen LogP contribution < -0.4 is 0 Å². The summed E-state index contributed by atoms with van der Waals surface area (Å²) in [6.45, 7) is 19.9. The summed E-state index contributed by atoms with van der Waals surface area (Å²) in [4.78, 5) is 13.3. The van der Waals surface area contributed by atoms with Crippen molar-refractivity contribution in [3.05, 3.63) is 11.6 Å². The summed E-state index contributed by atoms with van der Waals surface area (Å²) in [5.41, 5.74) is 2.77. The van der Waals surface area contributed by atoms with Crippen LogP contribution in [0.4, 0.5) is 0 Å². The van der Waals surface area contributed by atoms with Crippen LogP contribution in [0.15, 0.2) is 11.6 Å². The molecule has 1 heteroatoms. The molecule has 0 saturated heterocycles. The van der Waals surface area contributed by atoms with Crippen LogP contribution in [0.1, 0.15) is 120 Å². The lowest BCUT2D eigenvalue weighted by molar-refractivity contribution is -0.182. The van der Waals surface area contributed by atoms with Gasteiger partial charge in [-0.05, 0) is 122 Å². The fraction of sp³-hybridized carbons (Fsp3) is 0.906. The first-order valence-electron chi connectivity index (χ1n) is 14.7. The molecule has 0 spiro atoms. The second kappa shape index (κ2) is 7.70. The van der Waals surface area contributed by atoms with Crippen LogP contribution >= 0.6 is 0 Å². The van der Waals surface area contributed by atoms with Gasteiger partial charge in [0.05, 0.1) is 0 Å². The molecule has 0 aliphatic heterocycles. The van der Waals surface area contributed by atoms with E-state index in [0.29, 0.717) is 28.4 Å². The number of carbonyl (C=O) groups excluding carboxylic acids is 1. The Morgan fingerprint density at radius 3 is 2.42 bits per heavy atom. The number of fused-ring (bicyclic) bond motifs is 7. The minimum absolute atomic E-state index is 0.0874. The summed E-state index contributed by atoms with van der Waals surface area (Å²) in [6.07, 6.45) is 15.9. The van der Waals surface area contributed by atoms with Gasteiger partial charge in [-0.15, -0.1) is 0 Å². The number of Topliss-reactive ketones (excluding diaryl/α,β-unsaturated/α-hetero) is 1. The predicted molar refractivity (Wildman–Crippen MR) is 139 cm³/mol. The average Bonchev–Trinajstić information content (AvgIpc) is 2.74. The highest BCUT2D eigenvalue weighted by molar-refractivity contribution is 5.84. The molecule has 0 aromatic carbocycles. The van der Waals surface area contributed by atoms with Crippen LogP contribution in [0.5, 0.6) is 0 Å². The molecule has 33 heavy (non-hydrogen) atoms. The van der Waals surface area contributed by atoms with Gasteiger partial charge in [0.1, 0.15) is 5.78 Å². The van der Waals surface area contributed by atoms with Crippen molar-refractivity contribution in [2.45, 2.75) is 120 Å². The Hall–Kier alpha value is -0.590. The van der Waals surface area contributed by atoms with Crippen molar-refractivity contribution in [2.75, 3.05) is 0 Å². The minimum Gasteiger partial charge on any atom is -0.299 e. The quantitative estimate of drug-likeness (QED) is 0.382. The van der Waals surface area contributed by atoms with E-state index in [1.807, 2.05) is 6.92 Å². The van der Waals surface area contributed by atoms with Crippen molar-refractivity contribution in [1.82, 2.24) is 0 Å². The van der Waals surface area contributed by atoms with Gasteiger partial charge in [0.2, 0.25) is 0 Å². The van der Waals surface area contributed by atoms with Gasteiger partial charge in [0.25, 0.3) is 0 Å². The predicted octanol–water partition coefficient (Wildman–Crippen LogP) is 8.87. The third-order valence-electron chi connectivity index (χ3n) is 13.7. The van der Waals surface area contributed by atoms with Crippen LogP contribution in [0.2, 0.25) is 0 Å². The Bertz CT molecular complexity index is 839. The summed E-state index contributed by atoms with van der Waals surface area (Å²) in [7, 11) is 0. The van der Waals surface area contributed by atoms with Crippen molar-refractivity contribution in [2.24, 2.45) is 63.1 Å². The SMILES string of the molecule is CCC1CCC2(C)C(CCC3(C)C2CC=C2C4CC(C)CCC4(C(C)=O)C(C)C[C@]23C)[C@H]1C. The van der Waals surface area contributed by atoms with E-state index in [4.69, 9.17) is 0 Å². The fourth-order valence-electron chi connectivity index (χ4n) is 11.6. The van der Waals surface area contributed by atoms with Crippen molar-refractivity contribution in [3.63, 3.8) is 0 Å². The van der Waals surface area contributed by atoms with Gasteiger partial charge in [-0.3, -0.25) is 4.79 Å². The van der Waals surface area contributed by atoms with E-state index in [2.05, 4.69) is 54.5 Å². The van der Waals surface area contributed by atoms with Crippen molar-refractivity contribution in [1.29, 1.82) is 0 Å². The molecular weight excluding hydrogens is 400 g/mol. The maximum Gasteiger partial charge on any atom is 0.136 e. The lowest BCUT2D eigenvalue weighted by atomic mass is 9.33. The average molecular weight is 453 g/mol. The van der Waals surface area contributed by atoms with Crippen molar-refractivity contribution < 1.29 is 4.79 Å². The van der Waals surface area contributed by atoms with Gasteiger partial charge in [-0.25, -0.2) is 0 Å². The largest absolute Gasteiger partial charge is 0.299 e. The molecule has 5 rings (SSSR count). The van der Waals surface area contributed by atoms with E-state index in [-0.39, 0.29) is 10.8 Å². The maximum atomic E-state index is 13.3. The van der Waals surface area contributed by atoms with Crippen LogP contribution in [0, 0.1) is 63.1 Å². The van der Waals surface area contributed by atoms with Crippen LogP contribution in [0.25, 0.3) is 0 Å². The number of hydrogen-bond acceptors (Lipinski definition) is 1. The summed E-state index contributed by atoms with van der Waals surface area (Å²) in [6, 6.07) is 0. The molecule has 0 N–H and O–H groups in total. The Balaban J connectivity index is 1.59. The number of hydrogen-bond donors (Lipinski definition) is 0. The van der Waals surface area contributed by atoms with E-state index in [0.717, 1.165) is 36.0 Å². The molecule has 0 heterocycles. The normalized spacial score (nSPS) is 56.0. The first kappa shape index (κ1) is 24.1. The van der Waals surface area contributed by atoms with Gasteiger partial charge in [-0.2, -0.15) is 0 Å². The minimum atomic E-state index is -0.0874. The van der Waals surface area contributed by atoms with E-state index >= 15 is 0 Å². The zero-order valence-corrected chi connectivity index (χ0v) is 23.1. The Morgan fingerprint density at radius 1 is 1.03 bits per heavy atom. The fourth-order valence-corrected chi connectivity index (χ4v) is 11.6. The number of rotatable bonds is 2. The first-order valence-corrected chi connectivity index (χ1v) is 14.7. The second-order valence-electron chi connectivity index (χ2n) is 14.5. The lowest BCUT2D eigenvalue weighted by Crippen LogP contribution is -2.64. The van der Waals surface area contributed by atoms with E-state index in [1.165, 1.54) is 57.8 Å². The first-order chi connectivity index (χ1) is 15.5. The molecule has 0 amide bonds. The van der Waals surface area contributed by atoms with Gasteiger partial charge < -0.3 is 0 Å². The van der Waals surface area contributed by atoms with E-state index in [9.17, 15) is 4.79 Å². The zero-order chi connectivity index (χ0) is 24.0. The van der Waals surface area contributed by atoms with Crippen molar-refractivity contribution >= 4 is 5.78 Å². The summed E-state index contributed by atoms with van der Waals surface area (Å²) in [5, 5.41) is 0. The molecule has 4 fully saturated rings. The number of carbonyl (C=O) groups is 1. The summed E-state index contributed by atoms with van der Waals surface area (Å²) in [5.74, 6) is 5.76. The lowest BCUT2D eigenvalue weighted by Gasteiger charge is -2.71. The smallest absolute Gasteiger partial charge is 0.136 e. The van der Waals surface area contributed by atoms with Crippen molar-refractivity contribution in [3.8, 4) is 0 Å². The molecular formula is C32H52O. The van der Waals surface area contributed by atoms with Crippen LogP contribution in [-0.2, 0) is 4.79 Å². The molecule has 0 radical (unpaired) electrons. The third-order valence-corrected chi connectivity index (χ3v) is 13.7. The molecule has 5 aliphatic carbocycles. The Morgan fingerprint density at radius 2 is 1.76 bits per heavy atom. The molecule has 9 unspecified atom stereocenters. The highest BCUT2D eigenvalue weighted by Crippen LogP contribution is 2.75. The van der Waals surface area contributed by atoms with Gasteiger partial charge in [0.15, 0.2) is 0 Å². The molecule has 5 aliphatic rings. The highest BCUT2D eigenvalue weighted by atomic mass is 16.1. The zero-order valence-electron chi connectivity index (χ0n) is 23.1. The molecule has 0 bridgehead atoms. The second-order valence-corrected chi connectivity index (χ2v) is 14.5. The van der Waals surface area contributed by atoms with E-state index in [1.54, 1.807) is 5.57 Å². The topological polar surface area (TPSA) is 17.1 Å². The Labute approximate surface area is 204 Å². The Kier molecular flexibility index (Phi) is 5.63. The summed E-state index contributed by atoms with van der Waals surface area (Å²) < 4.78 is 0. The van der Waals surface area contributed by atoms with Gasteiger partial charge >= 0.3 is 0 Å². The molecule has 0 aromatic heterocycles. The molecule has 4 saturated carbocycles. The van der Waals surface area contributed by atoms with Crippen LogP contribution in [0.3, 0.4) is 0 Å². The molecule has 186 valence electrons. The summed E-state index contributed by atoms with van der Waals surface area (Å²) >= 11 is 0. The monoisotopic (exact) mass is 452 g/mol. The van der Waals surface area contributed by atoms with Gasteiger partial charge in [0, 0.05) is 5.41 Å².